The van der Waals surface area contributed by atoms with Gasteiger partial charge in [-0.25, -0.2) is 8.42 Å². The Morgan fingerprint density at radius 1 is 1.33 bits per heavy atom. The first-order valence-electron chi connectivity index (χ1n) is 9.37. The molecule has 1 unspecified atom stereocenters. The van der Waals surface area contributed by atoms with E-state index in [0.717, 1.165) is 32.4 Å². The van der Waals surface area contributed by atoms with Crippen LogP contribution in [0.15, 0.2) is 45.8 Å². The summed E-state index contributed by atoms with van der Waals surface area (Å²) in [4.78, 5) is 17.4. The van der Waals surface area contributed by atoms with Gasteiger partial charge in [0.1, 0.15) is 11.9 Å². The number of nitrogens with zero attached hydrogens (tertiary/aromatic N) is 1. The van der Waals surface area contributed by atoms with E-state index in [1.165, 1.54) is 5.57 Å². The van der Waals surface area contributed by atoms with Crippen LogP contribution in [0.2, 0.25) is 0 Å². The second kappa shape index (κ2) is 8.67. The molecule has 0 fully saturated rings. The maximum absolute atomic E-state index is 12.7. The van der Waals surface area contributed by atoms with Gasteiger partial charge in [-0.3, -0.25) is 14.5 Å². The van der Waals surface area contributed by atoms with Gasteiger partial charge in [-0.1, -0.05) is 43.5 Å². The summed E-state index contributed by atoms with van der Waals surface area (Å²) in [7, 11) is -3.60. The second-order valence-electron chi connectivity index (χ2n) is 6.77. The maximum Gasteiger partial charge on any atom is 0.263 e. The van der Waals surface area contributed by atoms with Crippen molar-refractivity contribution in [2.45, 2.75) is 43.5 Å². The van der Waals surface area contributed by atoms with E-state index in [0.29, 0.717) is 18.5 Å². The van der Waals surface area contributed by atoms with Gasteiger partial charge in [0.05, 0.1) is 4.90 Å². The highest BCUT2D eigenvalue weighted by atomic mass is 32.2. The first-order chi connectivity index (χ1) is 13.0. The van der Waals surface area contributed by atoms with E-state index in [9.17, 15) is 13.2 Å². The SMILES string of the molecule is CCCCC(N=C1NS(=O)(=O)c2ccccc21)C(=O)NCC1=CCNCC1. The lowest BCUT2D eigenvalue weighted by Gasteiger charge is -2.17. The number of benzene rings is 1. The molecule has 2 aliphatic heterocycles. The highest BCUT2D eigenvalue weighted by Gasteiger charge is 2.31. The Kier molecular flexibility index (Phi) is 6.28. The van der Waals surface area contributed by atoms with Crippen LogP contribution in [-0.4, -0.2) is 45.8 Å². The van der Waals surface area contributed by atoms with E-state index >= 15 is 0 Å². The molecule has 1 atom stereocenters. The lowest BCUT2D eigenvalue weighted by molar-refractivity contribution is -0.122. The largest absolute Gasteiger partial charge is 0.350 e. The van der Waals surface area contributed by atoms with Gasteiger partial charge in [0.25, 0.3) is 10.0 Å². The zero-order valence-corrected chi connectivity index (χ0v) is 16.3. The fraction of sp³-hybridized carbons (Fsp3) is 0.474. The summed E-state index contributed by atoms with van der Waals surface area (Å²) in [5.74, 6) is 0.0851. The van der Waals surface area contributed by atoms with Crippen molar-refractivity contribution in [3.8, 4) is 0 Å². The fourth-order valence-corrected chi connectivity index (χ4v) is 4.43. The number of fused-ring (bicyclic) bond motifs is 1. The molecule has 0 saturated carbocycles. The molecule has 3 rings (SSSR count). The smallest absolute Gasteiger partial charge is 0.263 e. The van der Waals surface area contributed by atoms with Crippen molar-refractivity contribution in [1.29, 1.82) is 0 Å². The molecule has 0 bridgehead atoms. The highest BCUT2D eigenvalue weighted by molar-refractivity contribution is 7.90. The number of nitrogens with one attached hydrogen (secondary N) is 3. The third-order valence-corrected chi connectivity index (χ3v) is 6.13. The number of hydrogen-bond acceptors (Lipinski definition) is 5. The minimum absolute atomic E-state index is 0.168. The van der Waals surface area contributed by atoms with Gasteiger partial charge in [0.15, 0.2) is 0 Å². The monoisotopic (exact) mass is 390 g/mol. The van der Waals surface area contributed by atoms with Crippen molar-refractivity contribution in [3.63, 3.8) is 0 Å². The van der Waals surface area contributed by atoms with Crippen molar-refractivity contribution in [2.24, 2.45) is 4.99 Å². The van der Waals surface area contributed by atoms with Crippen LogP contribution in [0.5, 0.6) is 0 Å². The lowest BCUT2D eigenvalue weighted by atomic mass is 10.1. The van der Waals surface area contributed by atoms with Crippen LogP contribution in [0, 0.1) is 0 Å². The molecule has 3 N–H and O–H groups in total. The van der Waals surface area contributed by atoms with Gasteiger partial charge in [-0.15, -0.1) is 0 Å². The van der Waals surface area contributed by atoms with Gasteiger partial charge in [0.2, 0.25) is 5.91 Å². The quantitative estimate of drug-likeness (QED) is 0.612. The number of carbonyl (C=O) groups excluding carboxylic acids is 1. The van der Waals surface area contributed by atoms with Gasteiger partial charge < -0.3 is 10.6 Å². The van der Waals surface area contributed by atoms with Gasteiger partial charge in [-0.05, 0) is 31.5 Å². The number of amidine groups is 1. The van der Waals surface area contributed by atoms with Crippen LogP contribution in [0.1, 0.15) is 38.2 Å². The predicted molar refractivity (Wildman–Crippen MR) is 105 cm³/mol. The number of sulfonamides is 1. The summed E-state index contributed by atoms with van der Waals surface area (Å²) in [5.41, 5.74) is 1.73. The van der Waals surface area contributed by atoms with E-state index in [4.69, 9.17) is 0 Å². The average molecular weight is 391 g/mol. The summed E-state index contributed by atoms with van der Waals surface area (Å²) >= 11 is 0. The number of unbranched alkanes of at least 4 members (excludes halogenated alkanes) is 1. The summed E-state index contributed by atoms with van der Waals surface area (Å²) in [6.45, 7) is 4.30. The predicted octanol–water partition coefficient (Wildman–Crippen LogP) is 1.32. The number of carbonyl (C=O) groups is 1. The Morgan fingerprint density at radius 3 is 2.89 bits per heavy atom. The number of hydrogen-bond donors (Lipinski definition) is 3. The van der Waals surface area contributed by atoms with Crippen LogP contribution in [0.4, 0.5) is 0 Å². The molecular formula is C19H26N4O3S. The molecule has 0 aromatic heterocycles. The van der Waals surface area contributed by atoms with Crippen LogP contribution in [0.3, 0.4) is 0 Å². The standard InChI is InChI=1S/C19H26N4O3S/c1-2-3-7-16(19(24)21-13-14-9-11-20-12-10-14)22-18-15-6-4-5-8-17(15)27(25,26)23-18/h4-6,8-9,16,20H,2-3,7,10-13H2,1H3,(H,21,24)(H,22,23). The molecule has 2 heterocycles. The maximum atomic E-state index is 12.7. The Balaban J connectivity index is 1.77. The third-order valence-electron chi connectivity index (χ3n) is 4.73. The first-order valence-corrected chi connectivity index (χ1v) is 10.9. The topological polar surface area (TPSA) is 99.7 Å². The molecule has 2 aliphatic rings. The molecule has 1 amide bonds. The number of amides is 1. The van der Waals surface area contributed by atoms with Crippen LogP contribution < -0.4 is 15.4 Å². The van der Waals surface area contributed by atoms with E-state index in [1.54, 1.807) is 24.3 Å². The average Bonchev–Trinajstić information content (AvgIpc) is 2.94. The minimum Gasteiger partial charge on any atom is -0.350 e. The molecule has 146 valence electrons. The summed E-state index contributed by atoms with van der Waals surface area (Å²) in [5, 5.41) is 6.20. The third kappa shape index (κ3) is 4.75. The van der Waals surface area contributed by atoms with Crippen molar-refractivity contribution in [3.05, 3.63) is 41.5 Å². The summed E-state index contributed by atoms with van der Waals surface area (Å²) in [6, 6.07) is 6.08. The Bertz CT molecular complexity index is 861. The highest BCUT2D eigenvalue weighted by Crippen LogP contribution is 2.23. The molecular weight excluding hydrogens is 364 g/mol. The van der Waals surface area contributed by atoms with Crippen LogP contribution in [-0.2, 0) is 14.8 Å². The molecule has 0 spiro atoms. The number of aliphatic imine (C=N–C) groups is 1. The molecule has 0 saturated heterocycles. The fourth-order valence-electron chi connectivity index (χ4n) is 3.19. The van der Waals surface area contributed by atoms with Gasteiger partial charge in [-0.2, -0.15) is 0 Å². The van der Waals surface area contributed by atoms with Gasteiger partial charge in [0, 0.05) is 18.7 Å². The van der Waals surface area contributed by atoms with Crippen molar-refractivity contribution < 1.29 is 13.2 Å². The van der Waals surface area contributed by atoms with E-state index in [-0.39, 0.29) is 16.6 Å². The number of rotatable bonds is 7. The van der Waals surface area contributed by atoms with E-state index < -0.39 is 16.1 Å². The van der Waals surface area contributed by atoms with Crippen molar-refractivity contribution >= 4 is 21.8 Å². The normalized spacial score (nSPS) is 20.5. The zero-order chi connectivity index (χ0) is 19.3. The van der Waals surface area contributed by atoms with Crippen molar-refractivity contribution in [1.82, 2.24) is 15.4 Å². The molecule has 7 nitrogen and oxygen atoms in total. The molecule has 27 heavy (non-hydrogen) atoms. The Labute approximate surface area is 160 Å². The second-order valence-corrected chi connectivity index (χ2v) is 8.42. The summed E-state index contributed by atoms with van der Waals surface area (Å²) < 4.78 is 27.0. The van der Waals surface area contributed by atoms with Crippen LogP contribution >= 0.6 is 0 Å². The molecule has 0 radical (unpaired) electrons. The van der Waals surface area contributed by atoms with Crippen LogP contribution in [0.25, 0.3) is 0 Å². The first kappa shape index (κ1) is 19.6. The molecule has 8 heteroatoms. The lowest BCUT2D eigenvalue weighted by Crippen LogP contribution is -2.37. The molecule has 1 aromatic carbocycles. The van der Waals surface area contributed by atoms with E-state index in [1.807, 2.05) is 0 Å². The Morgan fingerprint density at radius 2 is 2.15 bits per heavy atom. The van der Waals surface area contributed by atoms with Gasteiger partial charge >= 0.3 is 0 Å². The molecule has 1 aromatic rings. The van der Waals surface area contributed by atoms with Crippen molar-refractivity contribution in [2.75, 3.05) is 19.6 Å². The Hall–Kier alpha value is -2.19. The minimum atomic E-state index is -3.60. The van der Waals surface area contributed by atoms with E-state index in [2.05, 4.69) is 33.3 Å². The summed E-state index contributed by atoms with van der Waals surface area (Å²) in [6.07, 6.45) is 5.37. The zero-order valence-electron chi connectivity index (χ0n) is 15.5. The molecule has 0 aliphatic carbocycles.